The van der Waals surface area contributed by atoms with Gasteiger partial charge < -0.3 is 0 Å². The summed E-state index contributed by atoms with van der Waals surface area (Å²) in [6, 6.07) is 0. The molecule has 0 unspecified atom stereocenters. The van der Waals surface area contributed by atoms with E-state index in [1.54, 1.807) is 0 Å². The van der Waals surface area contributed by atoms with Gasteiger partial charge in [0.15, 0.2) is 0 Å². The Hall–Kier alpha value is 1.11. The van der Waals surface area contributed by atoms with E-state index in [0.717, 1.165) is 0 Å². The van der Waals surface area contributed by atoms with Gasteiger partial charge in [0.25, 0.3) is 0 Å². The van der Waals surface area contributed by atoms with Crippen LogP contribution in [0.2, 0.25) is 0 Å². The van der Waals surface area contributed by atoms with E-state index in [9.17, 15) is 4.79 Å². The van der Waals surface area contributed by atoms with Crippen LogP contribution in [0.3, 0.4) is 0 Å². The molecule has 0 radical (unpaired) electrons. The third-order valence-corrected chi connectivity index (χ3v) is 0.798. The molecule has 0 N–H and O–H groups in total. The van der Waals surface area contributed by atoms with Crippen molar-refractivity contribution >= 4 is 54.9 Å². The molecule has 0 spiro atoms. The zero-order chi connectivity index (χ0) is 4.99. The summed E-state index contributed by atoms with van der Waals surface area (Å²) >= 11 is 0.651. The van der Waals surface area contributed by atoms with Crippen LogP contribution in [-0.2, 0) is 9.53 Å². The maximum absolute atomic E-state index is 9.85. The molecule has 0 aliphatic carbocycles. The predicted molar refractivity (Wildman–Crippen MR) is 22.4 cm³/mol. The van der Waals surface area contributed by atoms with Gasteiger partial charge in [-0.3, -0.25) is 0 Å². The van der Waals surface area contributed by atoms with Crippen LogP contribution in [0.4, 0.5) is 0 Å². The first-order valence-corrected chi connectivity index (χ1v) is 4.11. The van der Waals surface area contributed by atoms with Crippen molar-refractivity contribution in [2.24, 2.45) is 0 Å². The van der Waals surface area contributed by atoms with E-state index in [1.807, 2.05) is 0 Å². The first-order valence-electron chi connectivity index (χ1n) is 1.90. The second-order valence-corrected chi connectivity index (χ2v) is 1.83. The van der Waals surface area contributed by atoms with E-state index < -0.39 is 0 Å². The summed E-state index contributed by atoms with van der Waals surface area (Å²) in [6.45, 7) is 1.42. The van der Waals surface area contributed by atoms with Crippen molar-refractivity contribution in [1.82, 2.24) is 0 Å². The van der Waals surface area contributed by atoms with Gasteiger partial charge >= 0.3 is 72.1 Å². The third kappa shape index (κ3) is 5.11. The van der Waals surface area contributed by atoms with Crippen molar-refractivity contribution in [2.45, 2.75) is 6.92 Å². The van der Waals surface area contributed by atoms with Gasteiger partial charge in [-0.25, -0.2) is 0 Å². The summed E-state index contributed by atoms with van der Waals surface area (Å²) in [5, 5.41) is 0. The molecule has 0 rings (SSSR count). The molecular formula is C3H5KO2. The summed E-state index contributed by atoms with van der Waals surface area (Å²) in [5.74, 6) is -0.164. The number of hydrogen-bond donors (Lipinski definition) is 0. The predicted octanol–water partition coefficient (Wildman–Crippen LogP) is -0.325. The van der Waals surface area contributed by atoms with Crippen LogP contribution in [0, 0.1) is 0 Å². The van der Waals surface area contributed by atoms with Crippen LogP contribution in [0.5, 0.6) is 0 Å². The minimum absolute atomic E-state index is 0.164. The Morgan fingerprint density at radius 2 is 2.50 bits per heavy atom. The van der Waals surface area contributed by atoms with Crippen molar-refractivity contribution in [1.29, 1.82) is 0 Å². The van der Waals surface area contributed by atoms with Gasteiger partial charge in [0.1, 0.15) is 0 Å². The van der Waals surface area contributed by atoms with Gasteiger partial charge in [0.05, 0.1) is 0 Å². The summed E-state index contributed by atoms with van der Waals surface area (Å²) in [6.07, 6.45) is 0. The molecule has 3 heteroatoms. The average molecular weight is 112 g/mol. The summed E-state index contributed by atoms with van der Waals surface area (Å²) < 4.78 is 5.16. The molecule has 6 heavy (non-hydrogen) atoms. The first-order chi connectivity index (χ1) is 2.77. The second-order valence-electron chi connectivity index (χ2n) is 0.925. The van der Waals surface area contributed by atoms with Crippen LogP contribution in [-0.4, -0.2) is 55.6 Å². The number of esters is 1. The summed E-state index contributed by atoms with van der Waals surface area (Å²) in [4.78, 5) is 9.85. The minimum atomic E-state index is -0.164. The van der Waals surface area contributed by atoms with E-state index >= 15 is 0 Å². The zero-order valence-electron chi connectivity index (χ0n) is 4.02. The molecule has 2 nitrogen and oxygen atoms in total. The molecule has 30 valence electrons. The molecule has 0 fully saturated rings. The molecule has 0 amide bonds. The molecule has 0 saturated heterocycles. The first kappa shape index (κ1) is 7.11. The molecule has 0 atom stereocenters. The van der Waals surface area contributed by atoms with E-state index in [1.165, 1.54) is 6.92 Å². The average Bonchev–Trinajstić information content (AvgIpc) is 1.35. The van der Waals surface area contributed by atoms with Gasteiger partial charge in [-0.1, -0.05) is 0 Å². The standard InChI is InChI=1S/C3H5O2.K/c1-3(4)5-2;/h2H2,1H3;. The Balaban J connectivity index is 2.83. The number of ether oxygens (including phenoxy) is 1. The fourth-order valence-corrected chi connectivity index (χ4v) is 0.838. The number of rotatable bonds is 1. The number of carbonyl (C=O) groups is 1. The fourth-order valence-electron chi connectivity index (χ4n) is 0.203. The SMILES string of the molecule is CC(=O)O[CH2][K]. The summed E-state index contributed by atoms with van der Waals surface area (Å²) in [7, 11) is 0. The van der Waals surface area contributed by atoms with Crippen LogP contribution in [0.15, 0.2) is 0 Å². The molecule has 0 aliphatic rings. The van der Waals surface area contributed by atoms with E-state index in [2.05, 4.69) is 4.74 Å². The molecule has 0 saturated carbocycles. The van der Waals surface area contributed by atoms with Gasteiger partial charge in [0.2, 0.25) is 0 Å². The Morgan fingerprint density at radius 3 is 2.50 bits per heavy atom. The van der Waals surface area contributed by atoms with E-state index in [4.69, 9.17) is 0 Å². The van der Waals surface area contributed by atoms with Crippen LogP contribution >= 0.6 is 0 Å². The Bertz CT molecular complexity index is 52.8. The Morgan fingerprint density at radius 1 is 2.00 bits per heavy atom. The number of carbonyl (C=O) groups excluding carboxylic acids is 1. The monoisotopic (exact) mass is 112 g/mol. The van der Waals surface area contributed by atoms with Crippen LogP contribution in [0.25, 0.3) is 0 Å². The van der Waals surface area contributed by atoms with Gasteiger partial charge in [-0.05, 0) is 0 Å². The Kier molecular flexibility index (Phi) is 5.06. The van der Waals surface area contributed by atoms with Crippen LogP contribution in [0.1, 0.15) is 6.92 Å². The van der Waals surface area contributed by atoms with Crippen molar-refractivity contribution < 1.29 is 9.53 Å². The molecule has 0 heterocycles. The third-order valence-electron chi connectivity index (χ3n) is 0.348. The molecule has 0 aliphatic heterocycles. The van der Waals surface area contributed by atoms with Gasteiger partial charge in [0, 0.05) is 0 Å². The van der Waals surface area contributed by atoms with E-state index in [0.29, 0.717) is 49.7 Å². The number of hydrogen-bond acceptors (Lipinski definition) is 2. The zero-order valence-corrected chi connectivity index (χ0v) is 7.15. The fraction of sp³-hybridized carbons (Fsp3) is 0.667. The quantitative estimate of drug-likeness (QED) is 0.343. The van der Waals surface area contributed by atoms with Crippen molar-refractivity contribution in [3.05, 3.63) is 0 Å². The molecule has 0 aromatic carbocycles. The maximum atomic E-state index is 9.85. The van der Waals surface area contributed by atoms with Crippen molar-refractivity contribution in [3.8, 4) is 0 Å². The van der Waals surface area contributed by atoms with Gasteiger partial charge in [-0.15, -0.1) is 0 Å². The molecule has 0 aromatic heterocycles. The van der Waals surface area contributed by atoms with E-state index in [-0.39, 0.29) is 5.97 Å². The molecular weight excluding hydrogens is 107 g/mol. The normalized spacial score (nSPS) is 7.83. The topological polar surface area (TPSA) is 26.3 Å². The molecule has 0 aromatic rings. The van der Waals surface area contributed by atoms with Gasteiger partial charge in [-0.2, -0.15) is 0 Å². The van der Waals surface area contributed by atoms with Crippen molar-refractivity contribution in [2.75, 3.05) is 0.701 Å². The van der Waals surface area contributed by atoms with Crippen LogP contribution < -0.4 is 0 Å². The Labute approximate surface area is 70.8 Å². The summed E-state index contributed by atoms with van der Waals surface area (Å²) in [5.41, 5.74) is 0. The second kappa shape index (κ2) is 4.27. The van der Waals surface area contributed by atoms with Crippen molar-refractivity contribution in [3.63, 3.8) is 0 Å². The molecule has 0 bridgehead atoms.